The first-order valence-corrected chi connectivity index (χ1v) is 11.2. The number of hydrogen-bond donors (Lipinski definition) is 2. The first-order valence-electron chi connectivity index (χ1n) is 11.2. The Kier molecular flexibility index (Phi) is 8.12. The summed E-state index contributed by atoms with van der Waals surface area (Å²) in [5.41, 5.74) is 1.59. The molecule has 1 heterocycles. The smallest absolute Gasteiger partial charge is 0.191 e. The second kappa shape index (κ2) is 10.4. The van der Waals surface area contributed by atoms with Gasteiger partial charge in [0.15, 0.2) is 17.5 Å². The highest BCUT2D eigenvalue weighted by atomic mass is 127. The normalized spacial score (nSPS) is 26.1. The van der Waals surface area contributed by atoms with Gasteiger partial charge in [0.2, 0.25) is 0 Å². The molecule has 4 rings (SSSR count). The van der Waals surface area contributed by atoms with Crippen LogP contribution in [0.4, 0.5) is 0 Å². The van der Waals surface area contributed by atoms with Gasteiger partial charge in [0.25, 0.3) is 0 Å². The van der Waals surface area contributed by atoms with E-state index >= 15 is 0 Å². The van der Waals surface area contributed by atoms with Crippen molar-refractivity contribution in [2.75, 3.05) is 33.4 Å². The van der Waals surface area contributed by atoms with Crippen molar-refractivity contribution in [3.63, 3.8) is 0 Å². The van der Waals surface area contributed by atoms with Crippen LogP contribution in [0.5, 0.6) is 11.5 Å². The van der Waals surface area contributed by atoms with Gasteiger partial charge in [-0.1, -0.05) is 12.5 Å². The number of nitrogens with zero attached hydrogens (tertiary/aromatic N) is 1. The second-order valence-electron chi connectivity index (χ2n) is 8.35. The van der Waals surface area contributed by atoms with Crippen molar-refractivity contribution in [2.45, 2.75) is 58.1 Å². The van der Waals surface area contributed by atoms with Crippen LogP contribution in [0.15, 0.2) is 23.2 Å². The minimum atomic E-state index is 0. The highest BCUT2D eigenvalue weighted by Gasteiger charge is 2.66. The molecular weight excluding hydrogens is 493 g/mol. The van der Waals surface area contributed by atoms with Crippen molar-refractivity contribution in [3.8, 4) is 11.5 Å². The van der Waals surface area contributed by atoms with Gasteiger partial charge < -0.3 is 24.8 Å². The largest absolute Gasteiger partial charge is 0.490 e. The number of aliphatic imine (C=N–C) groups is 1. The summed E-state index contributed by atoms with van der Waals surface area (Å²) in [6.07, 6.45) is 6.46. The first-order chi connectivity index (χ1) is 14.2. The molecule has 6 nitrogen and oxygen atoms in total. The maximum Gasteiger partial charge on any atom is 0.191 e. The molecule has 3 aliphatic rings. The fraction of sp³-hybridized carbons (Fsp3) is 0.696. The van der Waals surface area contributed by atoms with Crippen LogP contribution in [0, 0.1) is 11.3 Å². The molecule has 1 aliphatic heterocycles. The van der Waals surface area contributed by atoms with Crippen molar-refractivity contribution >= 4 is 29.9 Å². The Morgan fingerprint density at radius 1 is 1.20 bits per heavy atom. The summed E-state index contributed by atoms with van der Waals surface area (Å²) in [5.74, 6) is 3.19. The summed E-state index contributed by atoms with van der Waals surface area (Å²) in [6.45, 7) is 6.99. The van der Waals surface area contributed by atoms with Crippen molar-refractivity contribution in [1.29, 1.82) is 0 Å². The van der Waals surface area contributed by atoms with Gasteiger partial charge >= 0.3 is 0 Å². The van der Waals surface area contributed by atoms with Crippen LogP contribution in [0.2, 0.25) is 0 Å². The average molecular weight is 529 g/mol. The molecule has 0 bridgehead atoms. The summed E-state index contributed by atoms with van der Waals surface area (Å²) in [7, 11) is 1.86. The van der Waals surface area contributed by atoms with E-state index in [-0.39, 0.29) is 24.0 Å². The van der Waals surface area contributed by atoms with Gasteiger partial charge in [0.1, 0.15) is 0 Å². The van der Waals surface area contributed by atoms with E-state index in [9.17, 15) is 0 Å². The van der Waals surface area contributed by atoms with Gasteiger partial charge in [-0.05, 0) is 57.2 Å². The van der Waals surface area contributed by atoms with E-state index in [1.54, 1.807) is 0 Å². The fourth-order valence-electron chi connectivity index (χ4n) is 5.37. The number of benzene rings is 1. The molecule has 3 fully saturated rings. The topological polar surface area (TPSA) is 64.1 Å². The second-order valence-corrected chi connectivity index (χ2v) is 8.35. The zero-order valence-corrected chi connectivity index (χ0v) is 20.7. The summed E-state index contributed by atoms with van der Waals surface area (Å²) in [6, 6.07) is 6.71. The maximum atomic E-state index is 6.03. The predicted molar refractivity (Wildman–Crippen MR) is 130 cm³/mol. The predicted octanol–water partition coefficient (Wildman–Crippen LogP) is 3.77. The molecule has 30 heavy (non-hydrogen) atoms. The lowest BCUT2D eigenvalue weighted by Gasteiger charge is -2.63. The van der Waals surface area contributed by atoms with Gasteiger partial charge in [-0.25, -0.2) is 0 Å². The molecule has 0 amide bonds. The number of fused-ring (bicyclic) bond motifs is 2. The van der Waals surface area contributed by atoms with E-state index in [2.05, 4.69) is 27.8 Å². The molecule has 3 unspecified atom stereocenters. The number of ether oxygens (including phenoxy) is 3. The zero-order valence-electron chi connectivity index (χ0n) is 18.4. The summed E-state index contributed by atoms with van der Waals surface area (Å²) in [5, 5.41) is 7.23. The zero-order chi connectivity index (χ0) is 20.3. The van der Waals surface area contributed by atoms with Crippen molar-refractivity contribution in [3.05, 3.63) is 23.8 Å². The molecule has 0 aromatic heterocycles. The highest BCUT2D eigenvalue weighted by molar-refractivity contribution is 14.0. The number of halogens is 1. The standard InChI is InChI=1S/C23H35N3O3.HI/c1-4-27-18-8-7-16(15-19(18)28-5-2)9-13-25-22(24-3)26-20-17-10-14-29-21(17)23(20)11-6-12-23;/h7-8,15,17,20-21H,4-6,9-14H2,1-3H3,(H2,24,25,26);1H. The third-order valence-electron chi connectivity index (χ3n) is 6.87. The Labute approximate surface area is 197 Å². The van der Waals surface area contributed by atoms with Crippen molar-refractivity contribution < 1.29 is 14.2 Å². The fourth-order valence-corrected chi connectivity index (χ4v) is 5.37. The number of hydrogen-bond acceptors (Lipinski definition) is 4. The lowest BCUT2D eigenvalue weighted by atomic mass is 9.46. The lowest BCUT2D eigenvalue weighted by Crippen LogP contribution is -2.72. The number of nitrogens with one attached hydrogen (secondary N) is 2. The average Bonchev–Trinajstić information content (AvgIpc) is 3.10. The molecule has 168 valence electrons. The minimum absolute atomic E-state index is 0. The van der Waals surface area contributed by atoms with Gasteiger partial charge in [-0.15, -0.1) is 24.0 Å². The van der Waals surface area contributed by atoms with Crippen LogP contribution in [-0.4, -0.2) is 51.5 Å². The Hall–Kier alpha value is -1.22. The maximum absolute atomic E-state index is 6.03. The van der Waals surface area contributed by atoms with Crippen molar-refractivity contribution in [1.82, 2.24) is 10.6 Å². The molecule has 3 atom stereocenters. The van der Waals surface area contributed by atoms with Gasteiger partial charge in [-0.3, -0.25) is 4.99 Å². The summed E-state index contributed by atoms with van der Waals surface area (Å²) >= 11 is 0. The molecule has 1 aromatic rings. The Morgan fingerprint density at radius 3 is 2.63 bits per heavy atom. The molecule has 1 aromatic carbocycles. The molecule has 2 aliphatic carbocycles. The summed E-state index contributed by atoms with van der Waals surface area (Å²) in [4.78, 5) is 4.47. The van der Waals surface area contributed by atoms with E-state index in [4.69, 9.17) is 14.2 Å². The Morgan fingerprint density at radius 2 is 1.97 bits per heavy atom. The highest BCUT2D eigenvalue weighted by Crippen LogP contribution is 2.62. The minimum Gasteiger partial charge on any atom is -0.490 e. The quantitative estimate of drug-likeness (QED) is 0.305. The summed E-state index contributed by atoms with van der Waals surface area (Å²) < 4.78 is 17.4. The molecule has 7 heteroatoms. The van der Waals surface area contributed by atoms with Gasteiger partial charge in [-0.2, -0.15) is 0 Å². The Balaban J connectivity index is 0.00000256. The van der Waals surface area contributed by atoms with E-state index < -0.39 is 0 Å². The first kappa shape index (κ1) is 23.4. The van der Waals surface area contributed by atoms with Crippen LogP contribution < -0.4 is 20.1 Å². The van der Waals surface area contributed by atoms with E-state index in [1.807, 2.05) is 27.0 Å². The number of rotatable bonds is 8. The lowest BCUT2D eigenvalue weighted by molar-refractivity contribution is -0.171. The third-order valence-corrected chi connectivity index (χ3v) is 6.87. The Bertz CT molecular complexity index is 738. The van der Waals surface area contributed by atoms with Crippen LogP contribution in [-0.2, 0) is 11.2 Å². The number of guanidine groups is 1. The molecule has 2 saturated carbocycles. The van der Waals surface area contributed by atoms with Gasteiger partial charge in [0.05, 0.1) is 19.3 Å². The van der Waals surface area contributed by atoms with Crippen LogP contribution >= 0.6 is 24.0 Å². The van der Waals surface area contributed by atoms with Crippen molar-refractivity contribution in [2.24, 2.45) is 16.3 Å². The SMILES string of the molecule is CCOc1ccc(CCNC(=NC)NC2C3CCOC3C23CCC3)cc1OCC.I. The van der Waals surface area contributed by atoms with Crippen LogP contribution in [0.1, 0.15) is 45.1 Å². The van der Waals surface area contributed by atoms with Crippen LogP contribution in [0.3, 0.4) is 0 Å². The van der Waals surface area contributed by atoms with E-state index in [0.717, 1.165) is 37.0 Å². The molecular formula is C23H36IN3O3. The molecule has 1 spiro atoms. The van der Waals surface area contributed by atoms with Crippen LogP contribution in [0.25, 0.3) is 0 Å². The monoisotopic (exact) mass is 529 g/mol. The third kappa shape index (κ3) is 4.38. The molecule has 2 N–H and O–H groups in total. The van der Waals surface area contributed by atoms with E-state index in [0.29, 0.717) is 36.7 Å². The molecule has 1 saturated heterocycles. The van der Waals surface area contributed by atoms with Gasteiger partial charge in [0, 0.05) is 37.6 Å². The van der Waals surface area contributed by atoms with E-state index in [1.165, 1.54) is 31.2 Å². The molecule has 0 radical (unpaired) electrons.